The Hall–Kier alpha value is -4.46. The van der Waals surface area contributed by atoms with Crippen molar-refractivity contribution in [2.75, 3.05) is 63.1 Å². The smallest absolute Gasteiger partial charge is 0.223 e. The molecule has 13 heteroatoms. The van der Waals surface area contributed by atoms with E-state index in [-0.39, 0.29) is 24.5 Å². The van der Waals surface area contributed by atoms with E-state index in [1.54, 1.807) is 35.9 Å². The van der Waals surface area contributed by atoms with Crippen LogP contribution in [0, 0.1) is 5.41 Å². The van der Waals surface area contributed by atoms with Crippen molar-refractivity contribution in [3.63, 3.8) is 0 Å². The highest BCUT2D eigenvalue weighted by Gasteiger charge is 2.24. The van der Waals surface area contributed by atoms with Gasteiger partial charge in [-0.3, -0.25) is 14.5 Å². The molecule has 0 saturated carbocycles. The number of thiophene rings is 1. The molecule has 44 heavy (non-hydrogen) atoms. The van der Waals surface area contributed by atoms with Crippen LogP contribution in [0.5, 0.6) is 0 Å². The van der Waals surface area contributed by atoms with Crippen molar-refractivity contribution in [1.82, 2.24) is 29.7 Å². The van der Waals surface area contributed by atoms with Crippen LogP contribution in [0.15, 0.2) is 42.7 Å². The lowest BCUT2D eigenvalue weighted by molar-refractivity contribution is -0.134. The van der Waals surface area contributed by atoms with Crippen LogP contribution in [0.4, 0.5) is 11.5 Å². The van der Waals surface area contributed by atoms with Crippen molar-refractivity contribution >= 4 is 57.0 Å². The Labute approximate surface area is 259 Å². The molecule has 3 aromatic heterocycles. The minimum Gasteiger partial charge on any atom is -0.398 e. The second kappa shape index (κ2) is 13.5. The first-order chi connectivity index (χ1) is 21.5. The second-order valence-corrected chi connectivity index (χ2v) is 11.9. The van der Waals surface area contributed by atoms with E-state index >= 15 is 0 Å². The molecular weight excluding hydrogens is 578 g/mol. The first-order valence-corrected chi connectivity index (χ1v) is 15.5. The minimum absolute atomic E-state index is 0.00931. The Kier molecular flexibility index (Phi) is 9.05. The number of imidazole rings is 1. The summed E-state index contributed by atoms with van der Waals surface area (Å²) in [6, 6.07) is 7.68. The number of aromatic amines is 1. The third-order valence-corrected chi connectivity index (χ3v) is 8.98. The third kappa shape index (κ3) is 6.69. The largest absolute Gasteiger partial charge is 0.398 e. The van der Waals surface area contributed by atoms with E-state index in [1.165, 1.54) is 17.2 Å². The number of hydrogen-bond donors (Lipinski definition) is 3. The Balaban J connectivity index is 1.12. The summed E-state index contributed by atoms with van der Waals surface area (Å²) in [6.45, 7) is 6.29. The molecule has 1 aromatic carbocycles. The van der Waals surface area contributed by atoms with Gasteiger partial charge in [-0.1, -0.05) is 12.1 Å². The van der Waals surface area contributed by atoms with Crippen LogP contribution in [-0.4, -0.2) is 100 Å². The first-order valence-electron chi connectivity index (χ1n) is 14.7. The van der Waals surface area contributed by atoms with E-state index in [4.69, 9.17) is 25.8 Å². The molecule has 2 aliphatic rings. The monoisotopic (exact) mass is 613 g/mol. The zero-order valence-corrected chi connectivity index (χ0v) is 25.2. The molecule has 2 fully saturated rings. The molecule has 2 aliphatic heterocycles. The van der Waals surface area contributed by atoms with Gasteiger partial charge in [0, 0.05) is 99.0 Å². The number of morpholine rings is 1. The Morgan fingerprint density at radius 1 is 1.09 bits per heavy atom. The molecule has 2 saturated heterocycles. The van der Waals surface area contributed by atoms with E-state index in [9.17, 15) is 9.59 Å². The predicted molar refractivity (Wildman–Crippen MR) is 172 cm³/mol. The van der Waals surface area contributed by atoms with Crippen molar-refractivity contribution in [2.45, 2.75) is 19.4 Å². The normalized spacial score (nSPS) is 16.2. The van der Waals surface area contributed by atoms with E-state index in [1.807, 2.05) is 17.0 Å². The van der Waals surface area contributed by atoms with Crippen LogP contribution in [0.25, 0.3) is 27.7 Å². The number of rotatable bonds is 10. The fourth-order valence-electron chi connectivity index (χ4n) is 5.48. The highest BCUT2D eigenvalue weighted by Crippen LogP contribution is 2.36. The molecule has 12 nitrogen and oxygen atoms in total. The van der Waals surface area contributed by atoms with Gasteiger partial charge in [-0.15, -0.1) is 11.3 Å². The number of piperazine rings is 1. The van der Waals surface area contributed by atoms with Gasteiger partial charge in [0.25, 0.3) is 0 Å². The lowest BCUT2D eigenvalue weighted by Crippen LogP contribution is -2.48. The Morgan fingerprint density at radius 2 is 1.91 bits per heavy atom. The van der Waals surface area contributed by atoms with E-state index in [0.29, 0.717) is 49.2 Å². The first kappa shape index (κ1) is 29.6. The summed E-state index contributed by atoms with van der Waals surface area (Å²) in [5, 5.41) is 7.92. The summed E-state index contributed by atoms with van der Waals surface area (Å²) in [5.74, 6) is 1.96. The highest BCUT2D eigenvalue weighted by atomic mass is 32.1. The van der Waals surface area contributed by atoms with E-state index in [2.05, 4.69) is 25.8 Å². The molecule has 0 spiro atoms. The molecule has 228 valence electrons. The highest BCUT2D eigenvalue weighted by molar-refractivity contribution is 7.19. The Bertz CT molecular complexity index is 1670. The van der Waals surface area contributed by atoms with Crippen LogP contribution >= 0.6 is 11.3 Å². The topological polar surface area (TPSA) is 157 Å². The summed E-state index contributed by atoms with van der Waals surface area (Å²) in [5.41, 5.74) is 8.91. The molecule has 0 atom stereocenters. The van der Waals surface area contributed by atoms with Gasteiger partial charge in [-0.05, 0) is 24.3 Å². The SMILES string of the molecule is N=Cc1c(N)cccc1-c1nc(N2CCOCC2)c2sc(CN3CCN(C(=O)CCC(=O)/C=C/c4ncc[nH]4)CC3)cc2n1. The number of carbonyl (C=O) groups is 2. The number of fused-ring (bicyclic) bond motifs is 1. The molecular formula is C31H35N9O3S. The number of H-pyrrole nitrogens is 1. The molecule has 0 bridgehead atoms. The molecule has 0 aliphatic carbocycles. The van der Waals surface area contributed by atoms with Crippen LogP contribution in [0.1, 0.15) is 29.1 Å². The number of carbonyl (C=O) groups excluding carboxylic acids is 2. The average molecular weight is 614 g/mol. The number of allylic oxidation sites excluding steroid dienone is 1. The second-order valence-electron chi connectivity index (χ2n) is 10.8. The maximum atomic E-state index is 12.8. The number of nitrogen functional groups attached to an aromatic ring is 1. The lowest BCUT2D eigenvalue weighted by atomic mass is 10.1. The number of nitrogens with zero attached hydrogens (tertiary/aromatic N) is 6. The van der Waals surface area contributed by atoms with Crippen LogP contribution in [0.3, 0.4) is 0 Å². The summed E-state index contributed by atoms with van der Waals surface area (Å²) in [4.78, 5) is 49.5. The van der Waals surface area contributed by atoms with Gasteiger partial charge in [0.05, 0.1) is 23.4 Å². The number of hydrogen-bond acceptors (Lipinski definition) is 11. The predicted octanol–water partition coefficient (Wildman–Crippen LogP) is 3.20. The Morgan fingerprint density at radius 3 is 2.66 bits per heavy atom. The number of anilines is 2. The van der Waals surface area contributed by atoms with Crippen molar-refractivity contribution < 1.29 is 14.3 Å². The fraction of sp³-hybridized carbons (Fsp3) is 0.355. The summed E-state index contributed by atoms with van der Waals surface area (Å²) < 4.78 is 6.63. The number of ketones is 1. The van der Waals surface area contributed by atoms with Gasteiger partial charge < -0.3 is 30.7 Å². The minimum atomic E-state index is -0.0920. The molecule has 5 heterocycles. The molecule has 0 radical (unpaired) electrons. The molecule has 4 aromatic rings. The van der Waals surface area contributed by atoms with E-state index in [0.717, 1.165) is 54.3 Å². The lowest BCUT2D eigenvalue weighted by Gasteiger charge is -2.34. The average Bonchev–Trinajstić information content (AvgIpc) is 3.72. The van der Waals surface area contributed by atoms with Crippen molar-refractivity contribution in [3.05, 3.63) is 59.0 Å². The van der Waals surface area contributed by atoms with Gasteiger partial charge in [-0.25, -0.2) is 15.0 Å². The zero-order valence-electron chi connectivity index (χ0n) is 24.4. The molecule has 4 N–H and O–H groups in total. The zero-order chi connectivity index (χ0) is 30.5. The summed E-state index contributed by atoms with van der Waals surface area (Å²) in [6.07, 6.45) is 8.06. The standard InChI is InChI=1S/C31H35N9O3S/c32-19-24-23(2-1-3-25(24)33)30-36-26-18-22(44-29(26)31(37-30)40-14-16-43-17-15-40)20-38-10-12-39(13-11-38)28(42)7-5-21(41)4-6-27-34-8-9-35-27/h1-4,6,8-9,18-19,32H,5,7,10-17,20,33H2,(H,34,35)/b6-4+,32-19?. The molecule has 1 amide bonds. The van der Waals surface area contributed by atoms with Gasteiger partial charge in [-0.2, -0.15) is 0 Å². The number of nitrogens with two attached hydrogens (primary N) is 1. The van der Waals surface area contributed by atoms with E-state index < -0.39 is 0 Å². The maximum Gasteiger partial charge on any atom is 0.223 e. The van der Waals surface area contributed by atoms with Crippen molar-refractivity contribution in [3.8, 4) is 11.4 Å². The third-order valence-electron chi connectivity index (χ3n) is 7.88. The van der Waals surface area contributed by atoms with Gasteiger partial charge in [0.1, 0.15) is 5.82 Å². The summed E-state index contributed by atoms with van der Waals surface area (Å²) in [7, 11) is 0. The maximum absolute atomic E-state index is 12.8. The van der Waals surface area contributed by atoms with Gasteiger partial charge >= 0.3 is 0 Å². The van der Waals surface area contributed by atoms with Gasteiger partial charge in [0.2, 0.25) is 5.91 Å². The number of nitrogens with one attached hydrogen (secondary N) is 2. The van der Waals surface area contributed by atoms with Crippen LogP contribution in [0.2, 0.25) is 0 Å². The van der Waals surface area contributed by atoms with Crippen molar-refractivity contribution in [1.29, 1.82) is 5.41 Å². The molecule has 0 unspecified atom stereocenters. The fourth-order valence-corrected chi connectivity index (χ4v) is 6.63. The number of benzene rings is 1. The number of ether oxygens (including phenoxy) is 1. The quantitative estimate of drug-likeness (QED) is 0.139. The van der Waals surface area contributed by atoms with Gasteiger partial charge in [0.15, 0.2) is 17.4 Å². The van der Waals surface area contributed by atoms with Crippen LogP contribution in [-0.2, 0) is 20.9 Å². The molecule has 6 rings (SSSR count). The van der Waals surface area contributed by atoms with Crippen LogP contribution < -0.4 is 10.6 Å². The summed E-state index contributed by atoms with van der Waals surface area (Å²) >= 11 is 1.70. The number of aromatic nitrogens is 4. The van der Waals surface area contributed by atoms with Crippen molar-refractivity contribution in [2.24, 2.45) is 0 Å². The number of amides is 1.